The van der Waals surface area contributed by atoms with Gasteiger partial charge in [0.25, 0.3) is 0 Å². The number of ether oxygens (including phenoxy) is 2. The average molecular weight is 751 g/mol. The smallest absolute Gasteiger partial charge is 0 e. The first-order chi connectivity index (χ1) is 21.6. The van der Waals surface area contributed by atoms with Crippen LogP contribution in [0.4, 0.5) is 0 Å². The van der Waals surface area contributed by atoms with Gasteiger partial charge in [-0.25, -0.2) is 0 Å². The Morgan fingerprint density at radius 1 is 0.936 bits per heavy atom. The van der Waals surface area contributed by atoms with Crippen LogP contribution >= 0.6 is 23.4 Å². The predicted octanol–water partition coefficient (Wildman–Crippen LogP) is 8.86. The molecule has 0 saturated carbocycles. The molecule has 0 unspecified atom stereocenters. The first kappa shape index (κ1) is 52.0. The Balaban J connectivity index is -0.00000124. The van der Waals surface area contributed by atoms with Crippen LogP contribution in [0, 0.1) is 25.4 Å². The zero-order valence-corrected chi connectivity index (χ0v) is 32.8. The van der Waals surface area contributed by atoms with Crippen LogP contribution in [-0.2, 0) is 54.5 Å². The van der Waals surface area contributed by atoms with Crippen molar-refractivity contribution in [1.82, 2.24) is 0 Å². The number of benzene rings is 1. The number of allylic oxidation sites excluding steroid dienone is 2. The van der Waals surface area contributed by atoms with E-state index in [1.54, 1.807) is 32.5 Å². The molecule has 0 spiro atoms. The van der Waals surface area contributed by atoms with Crippen LogP contribution in [0.1, 0.15) is 74.1 Å². The number of carbonyl (C=O) groups is 2. The number of hydrogen-bond acceptors (Lipinski definition) is 6. The summed E-state index contributed by atoms with van der Waals surface area (Å²) in [5.41, 5.74) is -0.668. The molecule has 0 aliphatic rings. The Morgan fingerprint density at radius 2 is 1.47 bits per heavy atom. The number of hydrogen-bond donors (Lipinski definition) is 0. The van der Waals surface area contributed by atoms with Crippen molar-refractivity contribution in [2.24, 2.45) is 5.41 Å². The molecular formula is C35H51ClFeO8SSi. The van der Waals surface area contributed by atoms with Crippen LogP contribution < -0.4 is 0 Å². The molecule has 47 heavy (non-hydrogen) atoms. The van der Waals surface area contributed by atoms with E-state index in [1.165, 1.54) is 6.42 Å². The number of unbranched alkanes of at least 4 members (excludes halogenated alkanes) is 2. The molecule has 0 N–H and O–H groups in total. The molecule has 0 bridgehead atoms. The molecule has 0 saturated heterocycles. The SMILES string of the molecule is CCCCC[C@H](/C=C/C=C/[C@@H](Sc1ccccc1)[C@@H](COC(=O)C(C)(C)C)OC(=O)CCl)O[Si](C)(C)C(C)(C)C.[C-]#[O+].[C-]#[O+].[C-]#[O+].[Fe]. The molecule has 1 rings (SSSR count). The Labute approximate surface area is 303 Å². The maximum atomic E-state index is 12.5. The molecule has 8 nitrogen and oxygen atoms in total. The maximum Gasteiger partial charge on any atom is 0 e. The minimum absolute atomic E-state index is 0. The molecule has 0 fully saturated rings. The van der Waals surface area contributed by atoms with E-state index in [-0.39, 0.29) is 51.9 Å². The average Bonchev–Trinajstić information content (AvgIpc) is 3.02. The predicted molar refractivity (Wildman–Crippen MR) is 183 cm³/mol. The fourth-order valence-corrected chi connectivity index (χ4v) is 5.83. The number of carbonyl (C=O) groups excluding carboxylic acids is 2. The van der Waals surface area contributed by atoms with Crippen molar-refractivity contribution >= 4 is 43.6 Å². The maximum absolute atomic E-state index is 12.5. The van der Waals surface area contributed by atoms with Crippen molar-refractivity contribution in [1.29, 1.82) is 0 Å². The van der Waals surface area contributed by atoms with Gasteiger partial charge in [0.2, 0.25) is 0 Å². The summed E-state index contributed by atoms with van der Waals surface area (Å²) in [4.78, 5) is 25.7. The Bertz CT molecular complexity index is 1080. The molecular weight excluding hydrogens is 700 g/mol. The molecule has 0 heterocycles. The second-order valence-corrected chi connectivity index (χ2v) is 18.9. The molecule has 0 aliphatic heterocycles. The second kappa shape index (κ2) is 29.1. The van der Waals surface area contributed by atoms with Gasteiger partial charge in [0.1, 0.15) is 12.5 Å². The summed E-state index contributed by atoms with van der Waals surface area (Å²) in [7, 11) is -1.94. The van der Waals surface area contributed by atoms with Crippen molar-refractivity contribution < 1.29 is 54.5 Å². The van der Waals surface area contributed by atoms with Gasteiger partial charge in [-0.1, -0.05) is 89.5 Å². The van der Waals surface area contributed by atoms with E-state index in [2.05, 4.69) is 66.8 Å². The van der Waals surface area contributed by atoms with E-state index >= 15 is 0 Å². The van der Waals surface area contributed by atoms with Crippen LogP contribution in [0.3, 0.4) is 0 Å². The van der Waals surface area contributed by atoms with Crippen LogP contribution in [0.2, 0.25) is 18.1 Å². The Hall–Kier alpha value is -1.80. The molecule has 0 radical (unpaired) electrons. The van der Waals surface area contributed by atoms with Crippen molar-refractivity contribution in [3.05, 3.63) is 74.6 Å². The van der Waals surface area contributed by atoms with Crippen LogP contribution in [0.5, 0.6) is 0 Å². The minimum atomic E-state index is -1.94. The van der Waals surface area contributed by atoms with Gasteiger partial charge in [-0.05, 0) is 57.5 Å². The van der Waals surface area contributed by atoms with Crippen LogP contribution in [-0.4, -0.2) is 50.2 Å². The van der Waals surface area contributed by atoms with Crippen molar-refractivity contribution in [3.8, 4) is 0 Å². The molecule has 12 heteroatoms. The van der Waals surface area contributed by atoms with Gasteiger partial charge < -0.3 is 13.9 Å². The number of esters is 2. The number of thioether (sulfide) groups is 1. The molecule has 1 aromatic rings. The summed E-state index contributed by atoms with van der Waals surface area (Å²) < 4.78 is 40.5. The Kier molecular flexibility index (Phi) is 32.3. The molecule has 0 amide bonds. The van der Waals surface area contributed by atoms with Gasteiger partial charge >= 0.3 is 45.8 Å². The molecule has 0 aromatic heterocycles. The van der Waals surface area contributed by atoms with Gasteiger partial charge in [0.15, 0.2) is 14.4 Å². The summed E-state index contributed by atoms with van der Waals surface area (Å²) >= 11 is 7.31. The first-order valence-electron chi connectivity index (χ1n) is 14.9. The molecule has 1 aromatic carbocycles. The molecule has 3 atom stereocenters. The fourth-order valence-electron chi connectivity index (χ4n) is 3.37. The van der Waals surface area contributed by atoms with Crippen molar-refractivity contribution in [2.75, 3.05) is 12.5 Å². The standard InChI is InChI=1S/C32H51ClO5SSi.3CO.Fe/c1-10-11-13-18-25(38-40(8,9)32(5,6)7)19-16-17-22-28(39-26-20-14-12-15-21-26)27(37-29(34)23-33)24-36-30(35)31(2,3)4;3*1-2;/h12,14-17,19-22,25,27-28H,10-11,13,18,23-24H2,1-9H3;;;;/b19-16+,22-17+;;;;/t25-,27-,28-;;;;/m1..../s1. The Morgan fingerprint density at radius 3 is 1.94 bits per heavy atom. The fraction of sp³-hybridized carbons (Fsp3) is 0.571. The summed E-state index contributed by atoms with van der Waals surface area (Å²) in [5, 5.41) is -0.187. The van der Waals surface area contributed by atoms with Gasteiger partial charge in [0, 0.05) is 22.0 Å². The second-order valence-electron chi connectivity index (χ2n) is 12.6. The quantitative estimate of drug-likeness (QED) is 0.0243. The molecule has 264 valence electrons. The van der Waals surface area contributed by atoms with Gasteiger partial charge in [-0.3, -0.25) is 9.59 Å². The third-order valence-electron chi connectivity index (χ3n) is 6.85. The summed E-state index contributed by atoms with van der Waals surface area (Å²) in [6, 6.07) is 9.87. The zero-order valence-electron chi connectivity index (χ0n) is 29.1. The van der Waals surface area contributed by atoms with E-state index in [1.807, 2.05) is 48.6 Å². The topological polar surface area (TPSA) is 122 Å². The largest absolute Gasteiger partial charge is 0 e. The van der Waals surface area contributed by atoms with Crippen LogP contribution in [0.15, 0.2) is 59.5 Å². The van der Waals surface area contributed by atoms with E-state index in [0.717, 1.165) is 24.2 Å². The van der Waals surface area contributed by atoms with Crippen molar-refractivity contribution in [2.45, 2.75) is 115 Å². The zero-order chi connectivity index (χ0) is 36.4. The first-order valence-corrected chi connectivity index (χ1v) is 19.2. The molecule has 0 aliphatic carbocycles. The van der Waals surface area contributed by atoms with E-state index in [4.69, 9.17) is 39.5 Å². The summed E-state index contributed by atoms with van der Waals surface area (Å²) in [5.74, 6) is -1.19. The van der Waals surface area contributed by atoms with E-state index in [9.17, 15) is 9.59 Å². The minimum Gasteiger partial charge on any atom is 0 e. The van der Waals surface area contributed by atoms with Crippen LogP contribution in [0.25, 0.3) is 0 Å². The number of rotatable bonds is 16. The third kappa shape index (κ3) is 24.1. The monoisotopic (exact) mass is 750 g/mol. The number of halogens is 1. The third-order valence-corrected chi connectivity index (χ3v) is 12.8. The van der Waals surface area contributed by atoms with Crippen molar-refractivity contribution in [3.63, 3.8) is 0 Å². The normalized spacial score (nSPS) is 13.1. The summed E-state index contributed by atoms with van der Waals surface area (Å²) in [6.45, 7) is 32.3. The van der Waals surface area contributed by atoms with E-state index < -0.39 is 25.8 Å². The summed E-state index contributed by atoms with van der Waals surface area (Å²) in [6.07, 6.45) is 11.9. The van der Waals surface area contributed by atoms with Gasteiger partial charge in [0.05, 0.1) is 16.8 Å². The number of alkyl halides is 1. The van der Waals surface area contributed by atoms with E-state index in [0.29, 0.717) is 0 Å². The van der Waals surface area contributed by atoms with Gasteiger partial charge in [-0.2, -0.15) is 0 Å². The van der Waals surface area contributed by atoms with Gasteiger partial charge in [-0.15, -0.1) is 23.4 Å².